The number of nitrogens with one attached hydrogen (secondary N) is 1. The first kappa shape index (κ1) is 15.2. The van der Waals surface area contributed by atoms with E-state index in [1.54, 1.807) is 12.1 Å². The third-order valence-electron chi connectivity index (χ3n) is 3.01. The van der Waals surface area contributed by atoms with Crippen LogP contribution in [-0.2, 0) is 9.47 Å². The molecular formula is C13H16BrClFNO2. The number of halogens is 3. The SMILES string of the molecule is CCNC(CC1OCCO1)c1ccc(Br)c(Cl)c1F. The Morgan fingerprint density at radius 2 is 2.16 bits per heavy atom. The van der Waals surface area contributed by atoms with Gasteiger partial charge in [0.05, 0.1) is 18.2 Å². The summed E-state index contributed by atoms with van der Waals surface area (Å²) >= 11 is 9.15. The second-order valence-electron chi connectivity index (χ2n) is 4.28. The zero-order valence-corrected chi connectivity index (χ0v) is 12.9. The standard InChI is InChI=1S/C13H16BrClFNO2/c1-2-17-10(7-11-18-5-6-19-11)8-3-4-9(14)12(15)13(8)16/h3-4,10-11,17H,2,5-7H2,1H3. The lowest BCUT2D eigenvalue weighted by atomic mass is 10.0. The molecule has 0 aliphatic carbocycles. The zero-order chi connectivity index (χ0) is 13.8. The summed E-state index contributed by atoms with van der Waals surface area (Å²) in [6.07, 6.45) is 0.272. The van der Waals surface area contributed by atoms with E-state index in [4.69, 9.17) is 21.1 Å². The molecule has 0 radical (unpaired) electrons. The maximum Gasteiger partial charge on any atom is 0.159 e. The molecule has 6 heteroatoms. The minimum atomic E-state index is -0.403. The normalized spacial score (nSPS) is 17.9. The van der Waals surface area contributed by atoms with Crippen molar-refractivity contribution in [3.63, 3.8) is 0 Å². The smallest absolute Gasteiger partial charge is 0.159 e. The molecule has 1 aromatic rings. The summed E-state index contributed by atoms with van der Waals surface area (Å²) in [6.45, 7) is 3.88. The molecule has 1 heterocycles. The quantitative estimate of drug-likeness (QED) is 0.821. The largest absolute Gasteiger partial charge is 0.350 e. The summed E-state index contributed by atoms with van der Waals surface area (Å²) in [5.74, 6) is -0.403. The fraction of sp³-hybridized carbons (Fsp3) is 0.538. The van der Waals surface area contributed by atoms with Gasteiger partial charge in [0.1, 0.15) is 5.82 Å². The molecule has 0 amide bonds. The molecule has 1 atom stereocenters. The van der Waals surface area contributed by atoms with E-state index in [2.05, 4.69) is 21.2 Å². The van der Waals surface area contributed by atoms with Crippen LogP contribution in [0.3, 0.4) is 0 Å². The van der Waals surface area contributed by atoms with Crippen molar-refractivity contribution in [3.8, 4) is 0 Å². The van der Waals surface area contributed by atoms with Crippen LogP contribution in [0.1, 0.15) is 24.9 Å². The van der Waals surface area contributed by atoms with Crippen molar-refractivity contribution in [3.05, 3.63) is 33.0 Å². The van der Waals surface area contributed by atoms with Crippen molar-refractivity contribution in [1.82, 2.24) is 5.32 Å². The average molecular weight is 353 g/mol. The molecule has 1 N–H and O–H groups in total. The molecule has 0 spiro atoms. The van der Waals surface area contributed by atoms with Crippen LogP contribution >= 0.6 is 27.5 Å². The topological polar surface area (TPSA) is 30.5 Å². The third-order valence-corrected chi connectivity index (χ3v) is 4.27. The van der Waals surface area contributed by atoms with E-state index < -0.39 is 5.82 Å². The Bertz CT molecular complexity index is 441. The van der Waals surface area contributed by atoms with Gasteiger partial charge in [-0.15, -0.1) is 0 Å². The Morgan fingerprint density at radius 3 is 2.79 bits per heavy atom. The van der Waals surface area contributed by atoms with Gasteiger partial charge in [-0.3, -0.25) is 0 Å². The number of hydrogen-bond acceptors (Lipinski definition) is 3. The molecule has 1 aromatic carbocycles. The predicted molar refractivity (Wildman–Crippen MR) is 75.8 cm³/mol. The molecule has 2 rings (SSSR count). The van der Waals surface area contributed by atoms with Crippen LogP contribution in [0.5, 0.6) is 0 Å². The predicted octanol–water partition coefficient (Wildman–Crippen LogP) is 3.66. The molecule has 1 aliphatic heterocycles. The third kappa shape index (κ3) is 3.67. The maximum atomic E-state index is 14.2. The summed E-state index contributed by atoms with van der Waals surface area (Å²) in [5, 5.41) is 3.34. The van der Waals surface area contributed by atoms with E-state index in [1.165, 1.54) is 0 Å². The van der Waals surface area contributed by atoms with Crippen molar-refractivity contribution in [2.75, 3.05) is 19.8 Å². The second kappa shape index (κ2) is 6.99. The van der Waals surface area contributed by atoms with Crippen molar-refractivity contribution < 1.29 is 13.9 Å². The molecule has 0 bridgehead atoms. The van der Waals surface area contributed by atoms with Crippen LogP contribution in [0.4, 0.5) is 4.39 Å². The van der Waals surface area contributed by atoms with Crippen LogP contribution in [0, 0.1) is 5.82 Å². The Labute approximate surface area is 125 Å². The number of ether oxygens (including phenoxy) is 2. The number of hydrogen-bond donors (Lipinski definition) is 1. The first-order valence-electron chi connectivity index (χ1n) is 6.23. The van der Waals surface area contributed by atoms with Crippen molar-refractivity contribution >= 4 is 27.5 Å². The van der Waals surface area contributed by atoms with E-state index in [-0.39, 0.29) is 17.4 Å². The van der Waals surface area contributed by atoms with Gasteiger partial charge in [0.15, 0.2) is 6.29 Å². The van der Waals surface area contributed by atoms with Crippen LogP contribution in [0.25, 0.3) is 0 Å². The first-order valence-corrected chi connectivity index (χ1v) is 7.40. The van der Waals surface area contributed by atoms with E-state index in [9.17, 15) is 4.39 Å². The highest BCUT2D eigenvalue weighted by molar-refractivity contribution is 9.10. The minimum absolute atomic E-state index is 0.105. The van der Waals surface area contributed by atoms with Crippen molar-refractivity contribution in [2.24, 2.45) is 0 Å². The Balaban J connectivity index is 2.20. The zero-order valence-electron chi connectivity index (χ0n) is 10.6. The summed E-state index contributed by atoms with van der Waals surface area (Å²) in [4.78, 5) is 0. The van der Waals surface area contributed by atoms with Gasteiger partial charge in [-0.2, -0.15) is 0 Å². The minimum Gasteiger partial charge on any atom is -0.350 e. The highest BCUT2D eigenvalue weighted by atomic mass is 79.9. The monoisotopic (exact) mass is 351 g/mol. The van der Waals surface area contributed by atoms with Gasteiger partial charge in [-0.05, 0) is 28.5 Å². The average Bonchev–Trinajstić information content (AvgIpc) is 2.89. The number of rotatable bonds is 5. The summed E-state index contributed by atoms with van der Waals surface area (Å²) in [7, 11) is 0. The lowest BCUT2D eigenvalue weighted by Gasteiger charge is -2.22. The Morgan fingerprint density at radius 1 is 1.47 bits per heavy atom. The van der Waals surface area contributed by atoms with Gasteiger partial charge in [-0.25, -0.2) is 4.39 Å². The fourth-order valence-electron chi connectivity index (χ4n) is 2.11. The molecule has 3 nitrogen and oxygen atoms in total. The van der Waals surface area contributed by atoms with Gasteiger partial charge in [0, 0.05) is 22.5 Å². The fourth-order valence-corrected chi connectivity index (χ4v) is 2.59. The van der Waals surface area contributed by atoms with Gasteiger partial charge in [-0.1, -0.05) is 24.6 Å². The molecule has 1 unspecified atom stereocenters. The Kier molecular flexibility index (Phi) is 5.59. The number of benzene rings is 1. The van der Waals surface area contributed by atoms with Crippen LogP contribution in [0.2, 0.25) is 5.02 Å². The second-order valence-corrected chi connectivity index (χ2v) is 5.51. The first-order chi connectivity index (χ1) is 9.13. The highest BCUT2D eigenvalue weighted by Crippen LogP contribution is 2.32. The lowest BCUT2D eigenvalue weighted by molar-refractivity contribution is -0.0531. The molecule has 0 saturated carbocycles. The van der Waals surface area contributed by atoms with Crippen molar-refractivity contribution in [2.45, 2.75) is 25.7 Å². The van der Waals surface area contributed by atoms with E-state index in [1.807, 2.05) is 6.92 Å². The molecule has 0 aromatic heterocycles. The molecular weight excluding hydrogens is 337 g/mol. The van der Waals surface area contributed by atoms with Crippen LogP contribution < -0.4 is 5.32 Å². The van der Waals surface area contributed by atoms with Gasteiger partial charge in [0.25, 0.3) is 0 Å². The molecule has 1 aliphatic rings. The molecule has 106 valence electrons. The van der Waals surface area contributed by atoms with Crippen LogP contribution in [-0.4, -0.2) is 26.0 Å². The summed E-state index contributed by atoms with van der Waals surface area (Å²) in [5.41, 5.74) is 0.536. The highest BCUT2D eigenvalue weighted by Gasteiger charge is 2.25. The van der Waals surface area contributed by atoms with Gasteiger partial charge >= 0.3 is 0 Å². The van der Waals surface area contributed by atoms with E-state index in [0.717, 1.165) is 6.54 Å². The van der Waals surface area contributed by atoms with Gasteiger partial charge < -0.3 is 14.8 Å². The summed E-state index contributed by atoms with van der Waals surface area (Å²) < 4.78 is 25.6. The van der Waals surface area contributed by atoms with Crippen LogP contribution in [0.15, 0.2) is 16.6 Å². The molecule has 19 heavy (non-hydrogen) atoms. The molecule has 1 saturated heterocycles. The molecule has 1 fully saturated rings. The summed E-state index contributed by atoms with van der Waals surface area (Å²) in [6, 6.07) is 3.30. The van der Waals surface area contributed by atoms with Gasteiger partial charge in [0.2, 0.25) is 0 Å². The lowest BCUT2D eigenvalue weighted by Crippen LogP contribution is -2.26. The van der Waals surface area contributed by atoms with Crippen molar-refractivity contribution in [1.29, 1.82) is 0 Å². The van der Waals surface area contributed by atoms with E-state index >= 15 is 0 Å². The Hall–Kier alpha value is -0.200. The van der Waals surface area contributed by atoms with E-state index in [0.29, 0.717) is 29.7 Å². The maximum absolute atomic E-state index is 14.2.